The second-order valence-electron chi connectivity index (χ2n) is 11.2. The van der Waals surface area contributed by atoms with Gasteiger partial charge >= 0.3 is 0 Å². The lowest BCUT2D eigenvalue weighted by Gasteiger charge is -2.34. The maximum Gasteiger partial charge on any atom is 0.246 e. The third-order valence-electron chi connectivity index (χ3n) is 8.68. The average Bonchev–Trinajstić information content (AvgIpc) is 3.57. The summed E-state index contributed by atoms with van der Waals surface area (Å²) < 4.78 is 6.45. The number of benzene rings is 2. The van der Waals surface area contributed by atoms with Gasteiger partial charge in [0.15, 0.2) is 0 Å². The minimum atomic E-state index is -1.13. The Kier molecular flexibility index (Phi) is 6.56. The highest BCUT2D eigenvalue weighted by Crippen LogP contribution is 2.55. The molecule has 1 saturated carbocycles. The third-order valence-corrected chi connectivity index (χ3v) is 8.68. The first-order valence-corrected chi connectivity index (χ1v) is 13.9. The van der Waals surface area contributed by atoms with Gasteiger partial charge in [0.05, 0.1) is 17.9 Å². The van der Waals surface area contributed by atoms with Gasteiger partial charge in [-0.3, -0.25) is 14.4 Å². The number of amides is 3. The van der Waals surface area contributed by atoms with Crippen LogP contribution in [0, 0.1) is 18.8 Å². The van der Waals surface area contributed by atoms with Gasteiger partial charge in [0.1, 0.15) is 11.6 Å². The van der Waals surface area contributed by atoms with Gasteiger partial charge < -0.3 is 20.3 Å². The van der Waals surface area contributed by atoms with Gasteiger partial charge in [-0.1, -0.05) is 79.4 Å². The Morgan fingerprint density at radius 1 is 1.00 bits per heavy atom. The van der Waals surface area contributed by atoms with Crippen LogP contribution in [0.1, 0.15) is 43.2 Å². The summed E-state index contributed by atoms with van der Waals surface area (Å²) in [4.78, 5) is 43.2. The monoisotopic (exact) mass is 513 g/mol. The Morgan fingerprint density at radius 3 is 2.47 bits per heavy atom. The Morgan fingerprint density at radius 2 is 1.74 bits per heavy atom. The number of anilines is 1. The van der Waals surface area contributed by atoms with Crippen molar-refractivity contribution in [1.82, 2.24) is 10.2 Å². The van der Waals surface area contributed by atoms with Crippen molar-refractivity contribution in [1.29, 1.82) is 0 Å². The number of hydrogen-bond acceptors (Lipinski definition) is 4. The van der Waals surface area contributed by atoms with Gasteiger partial charge in [-0.2, -0.15) is 0 Å². The van der Waals surface area contributed by atoms with Crippen molar-refractivity contribution in [3.63, 3.8) is 0 Å². The van der Waals surface area contributed by atoms with Gasteiger partial charge in [0.2, 0.25) is 17.7 Å². The summed E-state index contributed by atoms with van der Waals surface area (Å²) in [7, 11) is 0. The Labute approximate surface area is 223 Å². The maximum absolute atomic E-state index is 14.1. The van der Waals surface area contributed by atoms with Crippen LogP contribution in [-0.4, -0.2) is 53.0 Å². The summed E-state index contributed by atoms with van der Waals surface area (Å²) in [5.74, 6) is -2.03. The lowest BCUT2D eigenvalue weighted by Crippen LogP contribution is -2.56. The van der Waals surface area contributed by atoms with Crippen molar-refractivity contribution in [2.45, 2.75) is 69.2 Å². The standard InChI is InChI=1S/C31H35N3O4/c1-20-12-14-23(15-13-20)32-28(35)25-24-16-18-31(38-24)26(25)30(37)34(19-17-21-8-4-2-5-9-21)27(31)29(36)33-22-10-6-3-7-11-22/h2,4-5,8-9,12-16,18,22,24-27H,3,6-7,10-11,17,19H2,1H3,(H,32,35)(H,33,36)/t24-,25-,26-,27+,31-/m0/s1. The van der Waals surface area contributed by atoms with Gasteiger partial charge in [0.25, 0.3) is 0 Å². The summed E-state index contributed by atoms with van der Waals surface area (Å²) >= 11 is 0. The van der Waals surface area contributed by atoms with Crippen LogP contribution in [0.2, 0.25) is 0 Å². The molecule has 0 aromatic heterocycles. The summed E-state index contributed by atoms with van der Waals surface area (Å²) in [5.41, 5.74) is 1.74. The average molecular weight is 514 g/mol. The van der Waals surface area contributed by atoms with Crippen molar-refractivity contribution >= 4 is 23.4 Å². The molecule has 2 aromatic rings. The molecule has 0 radical (unpaired) electrons. The topological polar surface area (TPSA) is 87.7 Å². The minimum Gasteiger partial charge on any atom is -0.359 e. The molecule has 3 amide bonds. The van der Waals surface area contributed by atoms with Crippen molar-refractivity contribution in [3.8, 4) is 0 Å². The first-order valence-electron chi connectivity index (χ1n) is 13.9. The lowest BCUT2D eigenvalue weighted by molar-refractivity contribution is -0.141. The molecule has 2 bridgehead atoms. The van der Waals surface area contributed by atoms with Gasteiger partial charge in [-0.05, 0) is 43.9 Å². The van der Waals surface area contributed by atoms with Crippen molar-refractivity contribution in [3.05, 3.63) is 77.9 Å². The molecule has 3 heterocycles. The summed E-state index contributed by atoms with van der Waals surface area (Å²) in [6.45, 7) is 2.38. The number of aryl methyl sites for hydroxylation is 1. The second kappa shape index (κ2) is 10.0. The predicted octanol–water partition coefficient (Wildman–Crippen LogP) is 3.78. The summed E-state index contributed by atoms with van der Waals surface area (Å²) in [6.07, 6.45) is 9.12. The fraction of sp³-hybridized carbons (Fsp3) is 0.452. The number of nitrogens with one attached hydrogen (secondary N) is 2. The van der Waals surface area contributed by atoms with Crippen molar-refractivity contribution in [2.75, 3.05) is 11.9 Å². The zero-order valence-corrected chi connectivity index (χ0v) is 21.8. The molecule has 0 unspecified atom stereocenters. The van der Waals surface area contributed by atoms with Crippen LogP contribution < -0.4 is 10.6 Å². The molecule has 38 heavy (non-hydrogen) atoms. The molecule has 7 nitrogen and oxygen atoms in total. The number of ether oxygens (including phenoxy) is 1. The molecular formula is C31H35N3O4. The molecule has 3 fully saturated rings. The van der Waals surface area contributed by atoms with E-state index in [1.54, 1.807) is 4.90 Å². The number of carbonyl (C=O) groups is 3. The first-order chi connectivity index (χ1) is 18.5. The molecule has 2 saturated heterocycles. The molecule has 6 rings (SSSR count). The van der Waals surface area contributed by atoms with Crippen molar-refractivity contribution < 1.29 is 19.1 Å². The predicted molar refractivity (Wildman–Crippen MR) is 144 cm³/mol. The number of likely N-dealkylation sites (tertiary alicyclic amines) is 1. The van der Waals surface area contributed by atoms with Crippen LogP contribution in [0.4, 0.5) is 5.69 Å². The Balaban J connectivity index is 1.29. The van der Waals surface area contributed by atoms with E-state index >= 15 is 0 Å². The fourth-order valence-electron chi connectivity index (χ4n) is 6.79. The molecule has 1 aliphatic carbocycles. The lowest BCUT2D eigenvalue weighted by atomic mass is 9.74. The normalized spacial score (nSPS) is 29.9. The van der Waals surface area contributed by atoms with Crippen LogP contribution in [0.3, 0.4) is 0 Å². The molecule has 5 atom stereocenters. The van der Waals surface area contributed by atoms with E-state index in [4.69, 9.17) is 4.74 Å². The number of carbonyl (C=O) groups excluding carboxylic acids is 3. The number of nitrogens with zero attached hydrogens (tertiary/aromatic N) is 1. The van der Waals surface area contributed by atoms with Crippen LogP contribution in [0.15, 0.2) is 66.7 Å². The quantitative estimate of drug-likeness (QED) is 0.552. The highest BCUT2D eigenvalue weighted by molar-refractivity contribution is 6.02. The first kappa shape index (κ1) is 24.9. The van der Waals surface area contributed by atoms with Crippen LogP contribution in [-0.2, 0) is 25.5 Å². The zero-order chi connectivity index (χ0) is 26.3. The van der Waals surface area contributed by atoms with Gasteiger partial charge in [-0.15, -0.1) is 0 Å². The maximum atomic E-state index is 14.1. The molecule has 4 aliphatic rings. The SMILES string of the molecule is Cc1ccc(NC(=O)[C@H]2[C@@H]3C=C[C@]4(O3)[C@@H]2C(=O)N(CCc2ccccc2)[C@@H]4C(=O)NC2CCCCC2)cc1. The highest BCUT2D eigenvalue weighted by atomic mass is 16.5. The van der Waals surface area contributed by atoms with E-state index in [-0.39, 0.29) is 23.8 Å². The fourth-order valence-corrected chi connectivity index (χ4v) is 6.79. The third kappa shape index (κ3) is 4.33. The Hall–Kier alpha value is -3.45. The highest BCUT2D eigenvalue weighted by Gasteiger charge is 2.72. The summed E-state index contributed by atoms with van der Waals surface area (Å²) in [5, 5.41) is 6.23. The molecule has 7 heteroatoms. The molecular weight excluding hydrogens is 478 g/mol. The summed E-state index contributed by atoms with van der Waals surface area (Å²) in [6, 6.07) is 16.9. The van der Waals surface area contributed by atoms with Crippen LogP contribution >= 0.6 is 0 Å². The van der Waals surface area contributed by atoms with E-state index in [2.05, 4.69) is 10.6 Å². The van der Waals surface area contributed by atoms with Crippen LogP contribution in [0.25, 0.3) is 0 Å². The minimum absolute atomic E-state index is 0.112. The zero-order valence-electron chi connectivity index (χ0n) is 21.8. The van der Waals surface area contributed by atoms with Gasteiger partial charge in [-0.25, -0.2) is 0 Å². The smallest absolute Gasteiger partial charge is 0.246 e. The van der Waals surface area contributed by atoms with Gasteiger partial charge in [0, 0.05) is 18.3 Å². The number of rotatable bonds is 7. The van der Waals surface area contributed by atoms with Crippen molar-refractivity contribution in [2.24, 2.45) is 11.8 Å². The number of fused-ring (bicyclic) bond motifs is 1. The van der Waals surface area contributed by atoms with E-state index in [0.29, 0.717) is 18.7 Å². The molecule has 1 spiro atoms. The number of hydrogen-bond donors (Lipinski definition) is 2. The van der Waals surface area contributed by atoms with Crippen LogP contribution in [0.5, 0.6) is 0 Å². The van der Waals surface area contributed by atoms with E-state index < -0.39 is 29.6 Å². The Bertz CT molecular complexity index is 1240. The van der Waals surface area contributed by atoms with E-state index in [0.717, 1.165) is 36.8 Å². The van der Waals surface area contributed by atoms with E-state index in [1.165, 1.54) is 6.42 Å². The molecule has 198 valence electrons. The van der Waals surface area contributed by atoms with E-state index in [9.17, 15) is 14.4 Å². The molecule has 2 aromatic carbocycles. The molecule has 2 N–H and O–H groups in total. The molecule has 3 aliphatic heterocycles. The second-order valence-corrected chi connectivity index (χ2v) is 11.2. The largest absolute Gasteiger partial charge is 0.359 e. The van der Waals surface area contributed by atoms with E-state index in [1.807, 2.05) is 73.7 Å².